The van der Waals surface area contributed by atoms with Crippen molar-refractivity contribution in [3.63, 3.8) is 0 Å². The van der Waals surface area contributed by atoms with Crippen LogP contribution in [0.15, 0.2) is 22.7 Å². The summed E-state index contributed by atoms with van der Waals surface area (Å²) in [6.45, 7) is 0. The summed E-state index contributed by atoms with van der Waals surface area (Å²) in [4.78, 5) is 0. The van der Waals surface area contributed by atoms with Crippen molar-refractivity contribution in [3.8, 4) is 11.4 Å². The van der Waals surface area contributed by atoms with Crippen molar-refractivity contribution in [1.82, 2.24) is 20.2 Å². The molecule has 0 atom stereocenters. The fourth-order valence-electron chi connectivity index (χ4n) is 2.63. The third kappa shape index (κ3) is 2.36. The van der Waals surface area contributed by atoms with E-state index in [1.165, 1.54) is 12.8 Å². The first-order valence-corrected chi connectivity index (χ1v) is 7.21. The predicted molar refractivity (Wildman–Crippen MR) is 74.6 cm³/mol. The van der Waals surface area contributed by atoms with Crippen LogP contribution in [0.25, 0.3) is 5.69 Å². The lowest BCUT2D eigenvalue weighted by Crippen LogP contribution is -2.08. The van der Waals surface area contributed by atoms with Crippen LogP contribution >= 0.6 is 15.9 Å². The maximum Gasteiger partial charge on any atom is 0.159 e. The molecule has 0 saturated heterocycles. The minimum absolute atomic E-state index is 0.457. The monoisotopic (exact) mass is 322 g/mol. The molecule has 0 spiro atoms. The van der Waals surface area contributed by atoms with Gasteiger partial charge < -0.3 is 4.74 Å². The van der Waals surface area contributed by atoms with Crippen molar-refractivity contribution in [2.45, 2.75) is 31.6 Å². The molecule has 0 N–H and O–H groups in total. The smallest absolute Gasteiger partial charge is 0.159 e. The van der Waals surface area contributed by atoms with Gasteiger partial charge in [-0.2, -0.15) is 4.68 Å². The predicted octanol–water partition coefficient (Wildman–Crippen LogP) is 3.09. The van der Waals surface area contributed by atoms with Gasteiger partial charge in [0.1, 0.15) is 11.4 Å². The molecule has 6 heteroatoms. The van der Waals surface area contributed by atoms with Crippen molar-refractivity contribution in [3.05, 3.63) is 28.5 Å². The summed E-state index contributed by atoms with van der Waals surface area (Å²) in [5.74, 6) is 2.17. The highest BCUT2D eigenvalue weighted by molar-refractivity contribution is 9.10. The Morgan fingerprint density at radius 3 is 2.84 bits per heavy atom. The normalized spacial score (nSPS) is 15.9. The van der Waals surface area contributed by atoms with Crippen LogP contribution in [-0.4, -0.2) is 27.3 Å². The molecule has 0 unspecified atom stereocenters. The van der Waals surface area contributed by atoms with Gasteiger partial charge in [0.25, 0.3) is 0 Å². The van der Waals surface area contributed by atoms with E-state index in [0.29, 0.717) is 5.92 Å². The largest absolute Gasteiger partial charge is 0.494 e. The first kappa shape index (κ1) is 12.6. The van der Waals surface area contributed by atoms with Gasteiger partial charge in [0.2, 0.25) is 0 Å². The molecule has 2 aromatic rings. The Morgan fingerprint density at radius 1 is 1.32 bits per heavy atom. The number of halogens is 1. The lowest BCUT2D eigenvalue weighted by Gasteiger charge is -2.12. The molecule has 0 amide bonds. The molecular weight excluding hydrogens is 308 g/mol. The number of hydrogen-bond acceptors (Lipinski definition) is 4. The average Bonchev–Trinajstić information content (AvgIpc) is 3.09. The molecule has 19 heavy (non-hydrogen) atoms. The number of hydrogen-bond donors (Lipinski definition) is 0. The zero-order chi connectivity index (χ0) is 13.2. The van der Waals surface area contributed by atoms with Crippen molar-refractivity contribution in [2.24, 2.45) is 0 Å². The van der Waals surface area contributed by atoms with Gasteiger partial charge in [-0.1, -0.05) is 28.8 Å². The van der Waals surface area contributed by atoms with Gasteiger partial charge in [0.05, 0.1) is 7.11 Å². The summed E-state index contributed by atoms with van der Waals surface area (Å²) in [5, 5.41) is 12.2. The number of aromatic nitrogens is 4. The van der Waals surface area contributed by atoms with Gasteiger partial charge in [-0.15, -0.1) is 5.10 Å². The number of rotatable bonds is 3. The van der Waals surface area contributed by atoms with E-state index in [-0.39, 0.29) is 0 Å². The Balaban J connectivity index is 2.07. The number of methoxy groups -OCH3 is 1. The lowest BCUT2D eigenvalue weighted by atomic mass is 10.1. The molecule has 0 aliphatic heterocycles. The Kier molecular flexibility index (Phi) is 3.50. The second-order valence-corrected chi connectivity index (χ2v) is 5.66. The Morgan fingerprint density at radius 2 is 2.11 bits per heavy atom. The fourth-order valence-corrected chi connectivity index (χ4v) is 2.98. The van der Waals surface area contributed by atoms with Crippen LogP contribution in [0.3, 0.4) is 0 Å². The molecule has 1 saturated carbocycles. The third-order valence-corrected chi connectivity index (χ3v) is 4.08. The van der Waals surface area contributed by atoms with Gasteiger partial charge in [-0.3, -0.25) is 0 Å². The Hall–Kier alpha value is -1.43. The summed E-state index contributed by atoms with van der Waals surface area (Å²) in [7, 11) is 1.66. The molecule has 1 fully saturated rings. The fraction of sp³-hybridized carbons (Fsp3) is 0.462. The van der Waals surface area contributed by atoms with Crippen molar-refractivity contribution >= 4 is 15.9 Å². The minimum Gasteiger partial charge on any atom is -0.494 e. The third-order valence-electron chi connectivity index (χ3n) is 3.58. The van der Waals surface area contributed by atoms with Crippen molar-refractivity contribution in [1.29, 1.82) is 0 Å². The summed E-state index contributed by atoms with van der Waals surface area (Å²) >= 11 is 3.48. The lowest BCUT2D eigenvalue weighted by molar-refractivity contribution is 0.410. The molecule has 1 heterocycles. The number of ether oxygens (including phenoxy) is 1. The van der Waals surface area contributed by atoms with E-state index in [9.17, 15) is 0 Å². The summed E-state index contributed by atoms with van der Waals surface area (Å²) in [5.41, 5.74) is 0.878. The average molecular weight is 323 g/mol. The van der Waals surface area contributed by atoms with Gasteiger partial charge in [-0.05, 0) is 41.5 Å². The van der Waals surface area contributed by atoms with E-state index >= 15 is 0 Å². The maximum atomic E-state index is 5.40. The molecule has 0 radical (unpaired) electrons. The standard InChI is InChI=1S/C13H15BrN4O/c1-19-12-7-6-10(14)8-11(12)18-13(15-16-17-18)9-4-2-3-5-9/h6-9H,2-5H2,1H3. The molecule has 1 aromatic carbocycles. The van der Waals surface area contributed by atoms with Crippen molar-refractivity contribution in [2.75, 3.05) is 7.11 Å². The van der Waals surface area contributed by atoms with E-state index in [1.807, 2.05) is 18.2 Å². The number of nitrogens with zero attached hydrogens (tertiary/aromatic N) is 4. The highest BCUT2D eigenvalue weighted by atomic mass is 79.9. The van der Waals surface area contributed by atoms with Gasteiger partial charge >= 0.3 is 0 Å². The molecule has 1 aliphatic carbocycles. The van der Waals surface area contributed by atoms with E-state index in [2.05, 4.69) is 31.5 Å². The van der Waals surface area contributed by atoms with Gasteiger partial charge in [0.15, 0.2) is 5.82 Å². The topological polar surface area (TPSA) is 52.8 Å². The van der Waals surface area contributed by atoms with Crippen LogP contribution in [0.5, 0.6) is 5.75 Å². The van der Waals surface area contributed by atoms with E-state index < -0.39 is 0 Å². The SMILES string of the molecule is COc1ccc(Br)cc1-n1nnnc1C1CCCC1. The first-order valence-electron chi connectivity index (χ1n) is 6.42. The summed E-state index contributed by atoms with van der Waals surface area (Å²) < 4.78 is 8.19. The van der Waals surface area contributed by atoms with Crippen molar-refractivity contribution < 1.29 is 4.74 Å². The van der Waals surface area contributed by atoms with Gasteiger partial charge in [0, 0.05) is 10.4 Å². The number of tetrazole rings is 1. The van der Waals surface area contributed by atoms with Gasteiger partial charge in [-0.25, -0.2) is 0 Å². The molecule has 1 aliphatic rings. The summed E-state index contributed by atoms with van der Waals surface area (Å²) in [6.07, 6.45) is 4.84. The van der Waals surface area contributed by atoms with Crippen LogP contribution in [0, 0.1) is 0 Å². The quantitative estimate of drug-likeness (QED) is 0.871. The van der Waals surface area contributed by atoms with Crippen LogP contribution in [0.2, 0.25) is 0 Å². The molecule has 1 aromatic heterocycles. The second-order valence-electron chi connectivity index (χ2n) is 4.75. The molecular formula is C13H15BrN4O. The van der Waals surface area contributed by atoms with Crippen LogP contribution < -0.4 is 4.74 Å². The second kappa shape index (κ2) is 5.28. The van der Waals surface area contributed by atoms with Crippen LogP contribution in [-0.2, 0) is 0 Å². The highest BCUT2D eigenvalue weighted by Gasteiger charge is 2.24. The number of benzene rings is 1. The maximum absolute atomic E-state index is 5.40. The minimum atomic E-state index is 0.457. The van der Waals surface area contributed by atoms with E-state index in [4.69, 9.17) is 4.74 Å². The molecule has 5 nitrogen and oxygen atoms in total. The first-order chi connectivity index (χ1) is 9.29. The molecule has 3 rings (SSSR count). The van der Waals surface area contributed by atoms with E-state index in [0.717, 1.165) is 34.6 Å². The Labute approximate surface area is 120 Å². The Bertz CT molecular complexity index is 578. The molecule has 0 bridgehead atoms. The van der Waals surface area contributed by atoms with E-state index in [1.54, 1.807) is 11.8 Å². The van der Waals surface area contributed by atoms with Crippen LogP contribution in [0.1, 0.15) is 37.4 Å². The molecule has 100 valence electrons. The van der Waals surface area contributed by atoms with Crippen LogP contribution in [0.4, 0.5) is 0 Å². The zero-order valence-corrected chi connectivity index (χ0v) is 12.3. The highest BCUT2D eigenvalue weighted by Crippen LogP contribution is 2.35. The zero-order valence-electron chi connectivity index (χ0n) is 10.7. The summed E-state index contributed by atoms with van der Waals surface area (Å²) in [6, 6.07) is 5.84.